The number of hydrogen-bond donors (Lipinski definition) is 2. The van der Waals surface area contributed by atoms with Gasteiger partial charge in [0.05, 0.1) is 16.3 Å². The van der Waals surface area contributed by atoms with Crippen molar-refractivity contribution < 1.29 is 14.0 Å². The van der Waals surface area contributed by atoms with Crippen LogP contribution in [0, 0.1) is 0 Å². The zero-order valence-corrected chi connectivity index (χ0v) is 13.9. The van der Waals surface area contributed by atoms with Crippen LogP contribution in [0.25, 0.3) is 0 Å². The van der Waals surface area contributed by atoms with E-state index in [0.29, 0.717) is 23.0 Å². The van der Waals surface area contributed by atoms with Crippen LogP contribution in [0.4, 0.5) is 0 Å². The Hall–Kier alpha value is -1.98. The highest BCUT2D eigenvalue weighted by molar-refractivity contribution is 6.42. The molecule has 1 aromatic heterocycles. The lowest BCUT2D eigenvalue weighted by molar-refractivity contribution is -0.122. The molecular weight excluding hydrogens is 339 g/mol. The number of benzene rings is 1. The zero-order chi connectivity index (χ0) is 16.8. The number of rotatable bonds is 6. The Morgan fingerprint density at radius 1 is 1.22 bits per heavy atom. The van der Waals surface area contributed by atoms with E-state index in [1.807, 2.05) is 6.07 Å². The molecule has 1 atom stereocenters. The van der Waals surface area contributed by atoms with Gasteiger partial charge in [0.25, 0.3) is 5.91 Å². The number of halogens is 2. The van der Waals surface area contributed by atoms with Crippen LogP contribution in [0.3, 0.4) is 0 Å². The molecular formula is C16H16Cl2N2O3. The lowest BCUT2D eigenvalue weighted by Gasteiger charge is -2.13. The molecule has 1 aromatic carbocycles. The van der Waals surface area contributed by atoms with Gasteiger partial charge in [0.2, 0.25) is 5.91 Å². The van der Waals surface area contributed by atoms with Crippen molar-refractivity contribution in [3.63, 3.8) is 0 Å². The van der Waals surface area contributed by atoms with Gasteiger partial charge in [-0.2, -0.15) is 0 Å². The van der Waals surface area contributed by atoms with E-state index in [9.17, 15) is 9.59 Å². The van der Waals surface area contributed by atoms with Crippen molar-refractivity contribution in [2.24, 2.45) is 0 Å². The highest BCUT2D eigenvalue weighted by Crippen LogP contribution is 2.25. The molecule has 2 rings (SSSR count). The van der Waals surface area contributed by atoms with Gasteiger partial charge in [0.15, 0.2) is 5.76 Å². The summed E-state index contributed by atoms with van der Waals surface area (Å²) in [4.78, 5) is 23.8. The highest BCUT2D eigenvalue weighted by atomic mass is 35.5. The number of carbonyl (C=O) groups excluding carboxylic acids is 2. The number of hydrogen-bond acceptors (Lipinski definition) is 3. The van der Waals surface area contributed by atoms with E-state index in [0.717, 1.165) is 5.56 Å². The number of amides is 2. The maximum absolute atomic E-state index is 12.0. The Morgan fingerprint density at radius 2 is 2.00 bits per heavy atom. The van der Waals surface area contributed by atoms with Crippen molar-refractivity contribution in [3.8, 4) is 0 Å². The summed E-state index contributed by atoms with van der Waals surface area (Å²) < 4.78 is 4.97. The van der Waals surface area contributed by atoms with E-state index in [4.69, 9.17) is 27.6 Å². The predicted molar refractivity (Wildman–Crippen MR) is 88.8 cm³/mol. The average Bonchev–Trinajstić information content (AvgIpc) is 3.05. The van der Waals surface area contributed by atoms with Crippen molar-refractivity contribution in [2.45, 2.75) is 19.4 Å². The summed E-state index contributed by atoms with van der Waals surface area (Å²) >= 11 is 12.0. The average molecular weight is 355 g/mol. The van der Waals surface area contributed by atoms with Gasteiger partial charge in [-0.15, -0.1) is 0 Å². The monoisotopic (exact) mass is 354 g/mol. The lowest BCUT2D eigenvalue weighted by atomic mass is 10.1. The molecule has 0 bridgehead atoms. The summed E-state index contributed by atoms with van der Waals surface area (Å²) in [7, 11) is 0. The number of nitrogens with one attached hydrogen (secondary N) is 2. The molecule has 0 aliphatic rings. The highest BCUT2D eigenvalue weighted by Gasteiger charge is 2.17. The third-order valence-electron chi connectivity index (χ3n) is 3.21. The summed E-state index contributed by atoms with van der Waals surface area (Å²) in [5, 5.41) is 6.27. The number of carbonyl (C=O) groups is 2. The Kier molecular flexibility index (Phi) is 6.07. The first-order valence-electron chi connectivity index (χ1n) is 7.04. The number of furan rings is 1. The maximum Gasteiger partial charge on any atom is 0.287 e. The Morgan fingerprint density at radius 3 is 2.70 bits per heavy atom. The van der Waals surface area contributed by atoms with Gasteiger partial charge in [-0.3, -0.25) is 9.59 Å². The van der Waals surface area contributed by atoms with Gasteiger partial charge in [-0.25, -0.2) is 0 Å². The fourth-order valence-corrected chi connectivity index (χ4v) is 2.37. The standard InChI is InChI=1S/C16H16Cl2N2O3/c1-10(20-16(22)13-6-3-9-23-13)15(21)19-8-7-11-4-2-5-12(17)14(11)18/h2-6,9-10H,7-8H2,1H3,(H,19,21)(H,20,22)/t10-/m1/s1. The largest absolute Gasteiger partial charge is 0.459 e. The Bertz CT molecular complexity index is 687. The molecule has 0 fully saturated rings. The van der Waals surface area contributed by atoms with Crippen molar-refractivity contribution in [1.82, 2.24) is 10.6 Å². The maximum atomic E-state index is 12.0. The van der Waals surface area contributed by atoms with E-state index in [1.54, 1.807) is 25.1 Å². The minimum atomic E-state index is -0.678. The van der Waals surface area contributed by atoms with Crippen LogP contribution in [0.1, 0.15) is 23.0 Å². The molecule has 0 radical (unpaired) electrons. The molecule has 1 heterocycles. The fourth-order valence-electron chi connectivity index (χ4n) is 1.96. The summed E-state index contributed by atoms with van der Waals surface area (Å²) in [5.41, 5.74) is 0.853. The van der Waals surface area contributed by atoms with Crippen LogP contribution in [0.5, 0.6) is 0 Å². The molecule has 7 heteroatoms. The van der Waals surface area contributed by atoms with Gasteiger partial charge in [-0.05, 0) is 37.1 Å². The van der Waals surface area contributed by atoms with Gasteiger partial charge in [0, 0.05) is 6.54 Å². The van der Waals surface area contributed by atoms with E-state index >= 15 is 0 Å². The van der Waals surface area contributed by atoms with E-state index in [-0.39, 0.29) is 11.7 Å². The quantitative estimate of drug-likeness (QED) is 0.837. The van der Waals surface area contributed by atoms with Crippen LogP contribution in [-0.4, -0.2) is 24.4 Å². The molecule has 5 nitrogen and oxygen atoms in total. The zero-order valence-electron chi connectivity index (χ0n) is 12.4. The van der Waals surface area contributed by atoms with Crippen molar-refractivity contribution >= 4 is 35.0 Å². The normalized spacial score (nSPS) is 11.8. The first-order valence-corrected chi connectivity index (χ1v) is 7.79. The van der Waals surface area contributed by atoms with Gasteiger partial charge in [0.1, 0.15) is 6.04 Å². The second-order valence-corrected chi connectivity index (χ2v) is 5.71. The third-order valence-corrected chi connectivity index (χ3v) is 4.07. The summed E-state index contributed by atoms with van der Waals surface area (Å²) in [6, 6.07) is 7.82. The lowest BCUT2D eigenvalue weighted by Crippen LogP contribution is -2.45. The SMILES string of the molecule is C[C@@H](NC(=O)c1ccco1)C(=O)NCCc1cccc(Cl)c1Cl. The topological polar surface area (TPSA) is 71.3 Å². The first-order chi connectivity index (χ1) is 11.0. The fraction of sp³-hybridized carbons (Fsp3) is 0.250. The second-order valence-electron chi connectivity index (χ2n) is 4.93. The molecule has 0 aliphatic carbocycles. The summed E-state index contributed by atoms with van der Waals surface area (Å²) in [5.74, 6) is -0.561. The first kappa shape index (κ1) is 17.4. The molecule has 0 saturated heterocycles. The van der Waals surface area contributed by atoms with Crippen LogP contribution in [0.2, 0.25) is 10.0 Å². The van der Waals surface area contributed by atoms with Crippen molar-refractivity contribution in [1.29, 1.82) is 0 Å². The van der Waals surface area contributed by atoms with Crippen molar-refractivity contribution in [3.05, 3.63) is 58.0 Å². The smallest absolute Gasteiger partial charge is 0.287 e. The molecule has 0 spiro atoms. The van der Waals surface area contributed by atoms with Crippen LogP contribution < -0.4 is 10.6 Å². The van der Waals surface area contributed by atoms with Crippen LogP contribution >= 0.6 is 23.2 Å². The molecule has 2 amide bonds. The second kappa shape index (κ2) is 8.04. The molecule has 2 aromatic rings. The summed E-state index contributed by atoms with van der Waals surface area (Å²) in [6.07, 6.45) is 1.94. The minimum absolute atomic E-state index is 0.162. The van der Waals surface area contributed by atoms with Crippen LogP contribution in [0.15, 0.2) is 41.0 Å². The van der Waals surface area contributed by atoms with Gasteiger partial charge in [-0.1, -0.05) is 35.3 Å². The molecule has 0 saturated carbocycles. The minimum Gasteiger partial charge on any atom is -0.459 e. The summed E-state index contributed by atoms with van der Waals surface area (Å²) in [6.45, 7) is 1.99. The molecule has 23 heavy (non-hydrogen) atoms. The van der Waals surface area contributed by atoms with Gasteiger partial charge >= 0.3 is 0 Å². The third kappa shape index (κ3) is 4.74. The molecule has 0 aliphatic heterocycles. The molecule has 2 N–H and O–H groups in total. The van der Waals surface area contributed by atoms with Gasteiger partial charge < -0.3 is 15.1 Å². The van der Waals surface area contributed by atoms with E-state index < -0.39 is 11.9 Å². The van der Waals surface area contributed by atoms with E-state index in [1.165, 1.54) is 12.3 Å². The molecule has 122 valence electrons. The van der Waals surface area contributed by atoms with Crippen molar-refractivity contribution in [2.75, 3.05) is 6.54 Å². The Labute approximate surface area is 144 Å². The molecule has 0 unspecified atom stereocenters. The Balaban J connectivity index is 1.80. The van der Waals surface area contributed by atoms with E-state index in [2.05, 4.69) is 10.6 Å². The predicted octanol–water partition coefficient (Wildman–Crippen LogP) is 3.06. The van der Waals surface area contributed by atoms with Crippen LogP contribution in [-0.2, 0) is 11.2 Å².